The minimum Gasteiger partial charge on any atom is -0.481 e. The summed E-state index contributed by atoms with van der Waals surface area (Å²) in [6.07, 6.45) is 2.57. The first-order valence-corrected chi connectivity index (χ1v) is 11.2. The van der Waals surface area contributed by atoms with Gasteiger partial charge in [-0.25, -0.2) is 0 Å². The van der Waals surface area contributed by atoms with Crippen LogP contribution in [0.15, 0.2) is 48.5 Å². The van der Waals surface area contributed by atoms with Crippen molar-refractivity contribution in [1.82, 2.24) is 9.47 Å². The number of carboxylic acid groups (broad SMARTS) is 1. The zero-order valence-electron chi connectivity index (χ0n) is 18.7. The van der Waals surface area contributed by atoms with Crippen molar-refractivity contribution >= 4 is 22.8 Å². The molecule has 0 radical (unpaired) electrons. The normalized spacial score (nSPS) is 13.2. The van der Waals surface area contributed by atoms with Crippen molar-refractivity contribution in [1.29, 1.82) is 0 Å². The average molecular weight is 421 g/mol. The summed E-state index contributed by atoms with van der Waals surface area (Å²) in [4.78, 5) is 26.0. The van der Waals surface area contributed by atoms with Crippen molar-refractivity contribution in [3.8, 4) is 0 Å². The predicted molar refractivity (Wildman–Crippen MR) is 124 cm³/mol. The van der Waals surface area contributed by atoms with Crippen molar-refractivity contribution in [2.75, 3.05) is 6.54 Å². The van der Waals surface area contributed by atoms with Gasteiger partial charge in [0.05, 0.1) is 0 Å². The summed E-state index contributed by atoms with van der Waals surface area (Å²) in [6.45, 7) is 8.09. The molecule has 1 N–H and O–H groups in total. The van der Waals surface area contributed by atoms with E-state index < -0.39 is 5.97 Å². The molecule has 164 valence electrons. The van der Waals surface area contributed by atoms with Gasteiger partial charge >= 0.3 is 5.97 Å². The first-order valence-electron chi connectivity index (χ1n) is 11.2. The minimum absolute atomic E-state index is 0.0675. The van der Waals surface area contributed by atoms with Gasteiger partial charge in [0, 0.05) is 53.8 Å². The Hall–Kier alpha value is -3.08. The van der Waals surface area contributed by atoms with Crippen LogP contribution < -0.4 is 0 Å². The minimum atomic E-state index is -0.761. The number of nitrogens with zero attached hydrogens (tertiary/aromatic N) is 2. The SMILES string of the molecule is CC.Cc1ccc2c(c1)c1c(n2CCCC(=O)O)CCCN(C(=O)c2ccccc2)C1. The van der Waals surface area contributed by atoms with Crippen LogP contribution in [0.4, 0.5) is 0 Å². The van der Waals surface area contributed by atoms with Crippen molar-refractivity contribution < 1.29 is 14.7 Å². The summed E-state index contributed by atoms with van der Waals surface area (Å²) in [5.41, 5.74) is 5.51. The van der Waals surface area contributed by atoms with Gasteiger partial charge in [0.1, 0.15) is 0 Å². The topological polar surface area (TPSA) is 62.5 Å². The van der Waals surface area contributed by atoms with E-state index in [0.717, 1.165) is 30.5 Å². The molecule has 1 amide bonds. The Morgan fingerprint density at radius 3 is 2.52 bits per heavy atom. The third-order valence-corrected chi connectivity index (χ3v) is 5.71. The van der Waals surface area contributed by atoms with Crippen LogP contribution in [-0.2, 0) is 24.3 Å². The zero-order chi connectivity index (χ0) is 22.4. The maximum atomic E-state index is 13.1. The molecule has 4 rings (SSSR count). The lowest BCUT2D eigenvalue weighted by atomic mass is 10.1. The predicted octanol–water partition coefficient (Wildman–Crippen LogP) is 5.43. The second-order valence-corrected chi connectivity index (χ2v) is 7.79. The van der Waals surface area contributed by atoms with Gasteiger partial charge in [0.2, 0.25) is 0 Å². The molecule has 0 saturated heterocycles. The van der Waals surface area contributed by atoms with Crippen molar-refractivity contribution in [3.05, 3.63) is 70.9 Å². The first kappa shape index (κ1) is 22.6. The molecule has 0 bridgehead atoms. The monoisotopic (exact) mass is 420 g/mol. The second-order valence-electron chi connectivity index (χ2n) is 7.79. The molecular formula is C26H32N2O3. The van der Waals surface area contributed by atoms with E-state index in [1.807, 2.05) is 49.1 Å². The molecule has 0 fully saturated rings. The summed E-state index contributed by atoms with van der Waals surface area (Å²) in [5.74, 6) is -0.694. The van der Waals surface area contributed by atoms with Crippen LogP contribution in [0.3, 0.4) is 0 Å². The van der Waals surface area contributed by atoms with E-state index in [0.29, 0.717) is 19.5 Å². The van der Waals surface area contributed by atoms with E-state index in [2.05, 4.69) is 29.7 Å². The maximum absolute atomic E-state index is 13.1. The van der Waals surface area contributed by atoms with Crippen molar-refractivity contribution in [3.63, 3.8) is 0 Å². The summed E-state index contributed by atoms with van der Waals surface area (Å²) in [5, 5.41) is 10.2. The Morgan fingerprint density at radius 1 is 1.06 bits per heavy atom. The van der Waals surface area contributed by atoms with Crippen molar-refractivity contribution in [2.45, 2.75) is 59.5 Å². The Labute approximate surface area is 184 Å². The number of carbonyl (C=O) groups excluding carboxylic acids is 1. The smallest absolute Gasteiger partial charge is 0.303 e. The van der Waals surface area contributed by atoms with Gasteiger partial charge in [-0.2, -0.15) is 0 Å². The average Bonchev–Trinajstić information content (AvgIpc) is 2.92. The zero-order valence-corrected chi connectivity index (χ0v) is 18.7. The molecule has 2 aromatic carbocycles. The summed E-state index contributed by atoms with van der Waals surface area (Å²) in [7, 11) is 0. The highest BCUT2D eigenvalue weighted by Crippen LogP contribution is 2.32. The molecule has 0 unspecified atom stereocenters. The van der Waals surface area contributed by atoms with Gasteiger partial charge < -0.3 is 14.6 Å². The maximum Gasteiger partial charge on any atom is 0.303 e. The van der Waals surface area contributed by atoms with Gasteiger partial charge in [0.15, 0.2) is 0 Å². The largest absolute Gasteiger partial charge is 0.481 e. The van der Waals surface area contributed by atoms with Gasteiger partial charge in [-0.3, -0.25) is 9.59 Å². The first-order chi connectivity index (χ1) is 15.0. The summed E-state index contributed by atoms with van der Waals surface area (Å²) in [6, 6.07) is 15.9. The molecule has 0 aliphatic carbocycles. The molecule has 0 atom stereocenters. The second kappa shape index (κ2) is 10.3. The number of carboxylic acids is 1. The van der Waals surface area contributed by atoms with Crippen LogP contribution in [0, 0.1) is 6.92 Å². The fourth-order valence-electron chi connectivity index (χ4n) is 4.34. The van der Waals surface area contributed by atoms with Gasteiger partial charge in [0.25, 0.3) is 5.91 Å². The molecule has 31 heavy (non-hydrogen) atoms. The van der Waals surface area contributed by atoms with Crippen LogP contribution in [0.1, 0.15) is 60.3 Å². The number of rotatable bonds is 5. The number of aliphatic carboxylic acids is 1. The number of hydrogen-bond acceptors (Lipinski definition) is 2. The van der Waals surface area contributed by atoms with E-state index in [9.17, 15) is 9.59 Å². The fourth-order valence-corrected chi connectivity index (χ4v) is 4.34. The molecule has 1 aromatic heterocycles. The highest BCUT2D eigenvalue weighted by molar-refractivity contribution is 5.95. The Morgan fingerprint density at radius 2 is 1.81 bits per heavy atom. The summed E-state index contributed by atoms with van der Waals surface area (Å²) >= 11 is 0. The standard InChI is InChI=1S/C24H26N2O3.C2H6/c1-17-11-12-22-19(15-17)20-16-25(24(29)18-7-3-2-4-8-18)13-5-9-21(20)26(22)14-6-10-23(27)28;1-2/h2-4,7-8,11-12,15H,5-6,9-10,13-14,16H2,1H3,(H,27,28);1-2H3. The molecule has 2 heterocycles. The number of aromatic nitrogens is 1. The molecular weight excluding hydrogens is 388 g/mol. The highest BCUT2D eigenvalue weighted by atomic mass is 16.4. The molecule has 1 aliphatic heterocycles. The van der Waals surface area contributed by atoms with Crippen molar-refractivity contribution in [2.24, 2.45) is 0 Å². The van der Waals surface area contributed by atoms with E-state index >= 15 is 0 Å². The number of aryl methyl sites for hydroxylation is 2. The van der Waals surface area contributed by atoms with Crippen LogP contribution in [0.2, 0.25) is 0 Å². The molecule has 0 saturated carbocycles. The summed E-state index contributed by atoms with van der Waals surface area (Å²) < 4.78 is 2.28. The molecule has 3 aromatic rings. The number of benzene rings is 2. The van der Waals surface area contributed by atoms with Gasteiger partial charge in [-0.15, -0.1) is 0 Å². The molecule has 0 spiro atoms. The third-order valence-electron chi connectivity index (χ3n) is 5.71. The third kappa shape index (κ3) is 4.98. The van der Waals surface area contributed by atoms with Gasteiger partial charge in [-0.1, -0.05) is 43.7 Å². The highest BCUT2D eigenvalue weighted by Gasteiger charge is 2.25. The Kier molecular flexibility index (Phi) is 7.50. The van der Waals surface area contributed by atoms with Crippen LogP contribution in [0.25, 0.3) is 10.9 Å². The molecule has 5 nitrogen and oxygen atoms in total. The van der Waals surface area contributed by atoms with Crippen LogP contribution >= 0.6 is 0 Å². The Bertz CT molecular complexity index is 1050. The lowest BCUT2D eigenvalue weighted by molar-refractivity contribution is -0.137. The lowest BCUT2D eigenvalue weighted by Gasteiger charge is -2.21. The van der Waals surface area contributed by atoms with E-state index in [4.69, 9.17) is 5.11 Å². The lowest BCUT2D eigenvalue weighted by Crippen LogP contribution is -2.30. The quantitative estimate of drug-likeness (QED) is 0.599. The molecule has 5 heteroatoms. The van der Waals surface area contributed by atoms with E-state index in [1.165, 1.54) is 22.2 Å². The number of hydrogen-bond donors (Lipinski definition) is 1. The Balaban J connectivity index is 0.00000132. The fraction of sp³-hybridized carbons (Fsp3) is 0.385. The van der Waals surface area contributed by atoms with E-state index in [-0.39, 0.29) is 12.3 Å². The van der Waals surface area contributed by atoms with Crippen LogP contribution in [0.5, 0.6) is 0 Å². The number of amides is 1. The number of fused-ring (bicyclic) bond motifs is 3. The molecule has 1 aliphatic rings. The number of carbonyl (C=O) groups is 2. The van der Waals surface area contributed by atoms with Gasteiger partial charge in [-0.05, 0) is 50.5 Å². The van der Waals surface area contributed by atoms with Crippen LogP contribution in [-0.4, -0.2) is 33.0 Å². The van der Waals surface area contributed by atoms with E-state index in [1.54, 1.807) is 0 Å².